The number of para-hydroxylation sites is 1. The van der Waals surface area contributed by atoms with Crippen LogP contribution in [0.3, 0.4) is 0 Å². The molecular weight excluding hydrogens is 402 g/mol. The monoisotopic (exact) mass is 429 g/mol. The minimum atomic E-state index is -0.880. The fraction of sp³-hybridized carbons (Fsp3) is 0.391. The lowest BCUT2D eigenvalue weighted by atomic mass is 9.90. The Hall–Kier alpha value is -2.41. The van der Waals surface area contributed by atoms with E-state index in [1.54, 1.807) is 0 Å². The average Bonchev–Trinajstić information content (AvgIpc) is 2.75. The van der Waals surface area contributed by atoms with Crippen molar-refractivity contribution in [2.75, 3.05) is 30.0 Å². The molecule has 0 aliphatic carbocycles. The summed E-state index contributed by atoms with van der Waals surface area (Å²) in [5.41, 5.74) is 9.21. The van der Waals surface area contributed by atoms with Crippen molar-refractivity contribution in [3.8, 4) is 0 Å². The summed E-state index contributed by atoms with van der Waals surface area (Å²) >= 11 is 0. The Morgan fingerprint density at radius 3 is 2.50 bits per heavy atom. The highest BCUT2D eigenvalue weighted by Crippen LogP contribution is 2.27. The smallest absolute Gasteiger partial charge is 0.244 e. The number of benzene rings is 2. The number of nitrogens with one attached hydrogen (secondary N) is 1. The Bertz CT molecular complexity index is 895. The first kappa shape index (κ1) is 22.3. The molecule has 0 atom stereocenters. The number of ether oxygens (including phenoxy) is 1. The average molecular weight is 430 g/mol. The van der Waals surface area contributed by atoms with Crippen LogP contribution in [0.25, 0.3) is 0 Å². The highest BCUT2D eigenvalue weighted by atomic mass is 35.5. The van der Waals surface area contributed by atoms with Crippen LogP contribution in [0.15, 0.2) is 48.5 Å². The Labute approximate surface area is 183 Å². The number of nitrogens with zero attached hydrogens (tertiary/aromatic N) is 1. The first-order chi connectivity index (χ1) is 14.0. The minimum Gasteiger partial charge on any atom is -0.381 e. The third kappa shape index (κ3) is 4.83. The maximum Gasteiger partial charge on any atom is 0.244 e. The van der Waals surface area contributed by atoms with Gasteiger partial charge in [-0.2, -0.15) is 0 Å². The van der Waals surface area contributed by atoms with Crippen molar-refractivity contribution < 1.29 is 14.3 Å². The second-order valence-corrected chi connectivity index (χ2v) is 7.87. The fourth-order valence-electron chi connectivity index (χ4n) is 3.99. The molecule has 4 rings (SSSR count). The number of hydrogen-bond acceptors (Lipinski definition) is 4. The molecule has 30 heavy (non-hydrogen) atoms. The molecule has 2 aliphatic heterocycles. The van der Waals surface area contributed by atoms with Gasteiger partial charge in [0.05, 0.1) is 6.42 Å². The number of anilines is 2. The van der Waals surface area contributed by atoms with Crippen molar-refractivity contribution in [1.29, 1.82) is 0 Å². The van der Waals surface area contributed by atoms with Gasteiger partial charge in [-0.15, -0.1) is 12.4 Å². The van der Waals surface area contributed by atoms with Crippen molar-refractivity contribution in [2.24, 2.45) is 5.73 Å². The number of halogens is 1. The highest BCUT2D eigenvalue weighted by Gasteiger charge is 2.35. The van der Waals surface area contributed by atoms with Gasteiger partial charge in [0, 0.05) is 31.1 Å². The lowest BCUT2D eigenvalue weighted by molar-refractivity contribution is -0.124. The SMILES string of the molecule is Cl.NC1(C(=O)Nc2ccc(CC(=O)N3CCCc4ccccc43)cc2)CCOCC1. The highest BCUT2D eigenvalue weighted by molar-refractivity contribution is 5.98. The van der Waals surface area contributed by atoms with Gasteiger partial charge in [0.15, 0.2) is 0 Å². The summed E-state index contributed by atoms with van der Waals surface area (Å²) in [6.45, 7) is 1.77. The van der Waals surface area contributed by atoms with Crippen LogP contribution in [0.5, 0.6) is 0 Å². The van der Waals surface area contributed by atoms with E-state index < -0.39 is 5.54 Å². The van der Waals surface area contributed by atoms with Gasteiger partial charge < -0.3 is 20.7 Å². The van der Waals surface area contributed by atoms with E-state index in [0.29, 0.717) is 38.2 Å². The first-order valence-corrected chi connectivity index (χ1v) is 10.2. The van der Waals surface area contributed by atoms with Crippen LogP contribution in [0.1, 0.15) is 30.4 Å². The molecule has 0 bridgehead atoms. The van der Waals surface area contributed by atoms with Crippen molar-refractivity contribution in [3.63, 3.8) is 0 Å². The first-order valence-electron chi connectivity index (χ1n) is 10.2. The van der Waals surface area contributed by atoms with E-state index in [2.05, 4.69) is 11.4 Å². The third-order valence-corrected chi connectivity index (χ3v) is 5.82. The third-order valence-electron chi connectivity index (χ3n) is 5.82. The van der Waals surface area contributed by atoms with E-state index in [1.165, 1.54) is 5.56 Å². The Morgan fingerprint density at radius 2 is 1.77 bits per heavy atom. The molecule has 1 saturated heterocycles. The molecule has 2 amide bonds. The summed E-state index contributed by atoms with van der Waals surface area (Å²) in [7, 11) is 0. The number of amides is 2. The van der Waals surface area contributed by atoms with E-state index in [0.717, 1.165) is 30.6 Å². The molecule has 2 heterocycles. The number of hydrogen-bond donors (Lipinski definition) is 2. The second kappa shape index (κ2) is 9.60. The quantitative estimate of drug-likeness (QED) is 0.782. The summed E-state index contributed by atoms with van der Waals surface area (Å²) in [5, 5.41) is 2.89. The topological polar surface area (TPSA) is 84.7 Å². The second-order valence-electron chi connectivity index (χ2n) is 7.87. The minimum absolute atomic E-state index is 0. The van der Waals surface area contributed by atoms with Crippen LogP contribution in [0, 0.1) is 0 Å². The Kier molecular flexibility index (Phi) is 7.13. The van der Waals surface area contributed by atoms with Gasteiger partial charge in [-0.3, -0.25) is 9.59 Å². The largest absolute Gasteiger partial charge is 0.381 e. The van der Waals surface area contributed by atoms with Crippen molar-refractivity contribution in [2.45, 2.75) is 37.6 Å². The lowest BCUT2D eigenvalue weighted by Gasteiger charge is -2.31. The summed E-state index contributed by atoms with van der Waals surface area (Å²) < 4.78 is 5.29. The van der Waals surface area contributed by atoms with Crippen LogP contribution in [-0.2, 0) is 27.2 Å². The maximum atomic E-state index is 12.9. The molecule has 0 aromatic heterocycles. The maximum absolute atomic E-state index is 12.9. The molecule has 2 aromatic carbocycles. The van der Waals surface area contributed by atoms with E-state index in [9.17, 15) is 9.59 Å². The number of carbonyl (C=O) groups is 2. The van der Waals surface area contributed by atoms with Crippen LogP contribution in [-0.4, -0.2) is 37.1 Å². The molecule has 2 aromatic rings. The Balaban J connectivity index is 0.00000256. The van der Waals surface area contributed by atoms with Gasteiger partial charge in [0.25, 0.3) is 0 Å². The van der Waals surface area contributed by atoms with Crippen LogP contribution >= 0.6 is 12.4 Å². The van der Waals surface area contributed by atoms with Gasteiger partial charge in [-0.1, -0.05) is 30.3 Å². The van der Waals surface area contributed by atoms with Gasteiger partial charge in [-0.25, -0.2) is 0 Å². The number of nitrogens with two attached hydrogens (primary N) is 1. The van der Waals surface area contributed by atoms with Gasteiger partial charge in [-0.05, 0) is 55.0 Å². The molecule has 0 unspecified atom stereocenters. The van der Waals surface area contributed by atoms with Gasteiger partial charge in [0.2, 0.25) is 11.8 Å². The Morgan fingerprint density at radius 1 is 1.07 bits per heavy atom. The summed E-state index contributed by atoms with van der Waals surface area (Å²) in [6, 6.07) is 15.5. The number of fused-ring (bicyclic) bond motifs is 1. The van der Waals surface area contributed by atoms with Crippen LogP contribution in [0.4, 0.5) is 11.4 Å². The molecule has 7 heteroatoms. The van der Waals surface area contributed by atoms with E-state index in [-0.39, 0.29) is 24.2 Å². The van der Waals surface area contributed by atoms with Crippen LogP contribution in [0.2, 0.25) is 0 Å². The molecule has 2 aliphatic rings. The van der Waals surface area contributed by atoms with Crippen molar-refractivity contribution >= 4 is 35.6 Å². The standard InChI is InChI=1S/C23H27N3O3.ClH/c24-23(11-14-29-15-12-23)22(28)25-19-9-7-17(8-10-19)16-21(27)26-13-3-5-18-4-1-2-6-20(18)26;/h1-2,4,6-10H,3,5,11-16,24H2,(H,25,28);1H. The summed E-state index contributed by atoms with van der Waals surface area (Å²) in [6.07, 6.45) is 3.37. The van der Waals surface area contributed by atoms with Crippen LogP contribution < -0.4 is 16.0 Å². The summed E-state index contributed by atoms with van der Waals surface area (Å²) in [4.78, 5) is 27.3. The van der Waals surface area contributed by atoms with Gasteiger partial charge >= 0.3 is 0 Å². The van der Waals surface area contributed by atoms with E-state index in [4.69, 9.17) is 10.5 Å². The molecule has 0 saturated carbocycles. The number of aryl methyl sites for hydroxylation is 1. The van der Waals surface area contributed by atoms with E-state index in [1.807, 2.05) is 47.4 Å². The predicted molar refractivity (Wildman–Crippen MR) is 120 cm³/mol. The normalized spacial score (nSPS) is 17.4. The molecular formula is C23H28ClN3O3. The fourth-order valence-corrected chi connectivity index (χ4v) is 3.99. The van der Waals surface area contributed by atoms with Crippen molar-refractivity contribution in [1.82, 2.24) is 0 Å². The zero-order valence-electron chi connectivity index (χ0n) is 16.9. The van der Waals surface area contributed by atoms with Crippen molar-refractivity contribution in [3.05, 3.63) is 59.7 Å². The molecule has 0 radical (unpaired) electrons. The molecule has 6 nitrogen and oxygen atoms in total. The number of rotatable bonds is 4. The molecule has 0 spiro atoms. The number of carbonyl (C=O) groups excluding carboxylic acids is 2. The summed E-state index contributed by atoms with van der Waals surface area (Å²) in [5.74, 6) is -0.0911. The lowest BCUT2D eigenvalue weighted by Crippen LogP contribution is -2.54. The molecule has 1 fully saturated rings. The zero-order chi connectivity index (χ0) is 20.3. The van der Waals surface area contributed by atoms with E-state index >= 15 is 0 Å². The molecule has 160 valence electrons. The zero-order valence-corrected chi connectivity index (χ0v) is 17.7. The molecule has 3 N–H and O–H groups in total. The predicted octanol–water partition coefficient (Wildman–Crippen LogP) is 3.08. The van der Waals surface area contributed by atoms with Gasteiger partial charge in [0.1, 0.15) is 5.54 Å².